The molecule has 1 aliphatic carbocycles. The highest BCUT2D eigenvalue weighted by atomic mass is 32.2. The summed E-state index contributed by atoms with van der Waals surface area (Å²) in [5.41, 5.74) is 3.84. The van der Waals surface area contributed by atoms with Gasteiger partial charge in [0.05, 0.1) is 17.4 Å². The molecule has 1 aliphatic rings. The second kappa shape index (κ2) is 12.4. The van der Waals surface area contributed by atoms with Crippen LogP contribution >= 0.6 is 23.1 Å². The number of esters is 1. The minimum Gasteiger partial charge on any atom is -0.462 e. The number of nitrogens with one attached hydrogen (secondary N) is 2. The first-order valence-electron chi connectivity index (χ1n) is 12.7. The first-order valence-corrected chi connectivity index (χ1v) is 14.4. The number of carbonyl (C=O) groups is 3. The number of amides is 2. The summed E-state index contributed by atoms with van der Waals surface area (Å²) in [5, 5.41) is 6.21. The van der Waals surface area contributed by atoms with Gasteiger partial charge in [-0.1, -0.05) is 30.7 Å². The third-order valence-electron chi connectivity index (χ3n) is 6.20. The predicted octanol–water partition coefficient (Wildman–Crippen LogP) is 6.87. The fourth-order valence-corrected chi connectivity index (χ4v) is 6.68. The lowest BCUT2D eigenvalue weighted by molar-refractivity contribution is -0.115. The average Bonchev–Trinajstić information content (AvgIpc) is 3.25. The molecular formula is C29H32N2O4S2. The highest BCUT2D eigenvalue weighted by molar-refractivity contribution is 8.00. The SMILES string of the molecule is CCOC(=O)c1c(NC(=O)C(CC)Sc2cccc(NC(=O)c3cccc(C)c3)c2)sc2c1CCCC2. The van der Waals surface area contributed by atoms with Gasteiger partial charge < -0.3 is 15.4 Å². The van der Waals surface area contributed by atoms with Gasteiger partial charge in [0.2, 0.25) is 5.91 Å². The number of thioether (sulfide) groups is 1. The van der Waals surface area contributed by atoms with Crippen LogP contribution in [0.15, 0.2) is 53.4 Å². The van der Waals surface area contributed by atoms with Gasteiger partial charge in [-0.25, -0.2) is 4.79 Å². The minimum atomic E-state index is -0.366. The monoisotopic (exact) mass is 536 g/mol. The van der Waals surface area contributed by atoms with E-state index < -0.39 is 0 Å². The summed E-state index contributed by atoms with van der Waals surface area (Å²) >= 11 is 2.94. The molecule has 37 heavy (non-hydrogen) atoms. The van der Waals surface area contributed by atoms with Crippen LogP contribution in [-0.2, 0) is 22.4 Å². The molecule has 0 saturated carbocycles. The van der Waals surface area contributed by atoms with E-state index in [0.29, 0.717) is 34.8 Å². The lowest BCUT2D eigenvalue weighted by Gasteiger charge is -2.16. The van der Waals surface area contributed by atoms with Gasteiger partial charge in [-0.15, -0.1) is 23.1 Å². The summed E-state index contributed by atoms with van der Waals surface area (Å²) in [4.78, 5) is 40.8. The van der Waals surface area contributed by atoms with E-state index in [9.17, 15) is 14.4 Å². The molecule has 1 heterocycles. The van der Waals surface area contributed by atoms with E-state index in [-0.39, 0.29) is 23.0 Å². The zero-order valence-corrected chi connectivity index (χ0v) is 23.0. The molecule has 194 valence electrons. The molecule has 3 aromatic rings. The highest BCUT2D eigenvalue weighted by Gasteiger charge is 2.29. The number of ether oxygens (including phenoxy) is 1. The maximum absolute atomic E-state index is 13.3. The Morgan fingerprint density at radius 1 is 1.03 bits per heavy atom. The summed E-state index contributed by atoms with van der Waals surface area (Å²) in [5.74, 6) is -0.690. The number of aryl methyl sites for hydroxylation is 2. The lowest BCUT2D eigenvalue weighted by atomic mass is 9.95. The summed E-state index contributed by atoms with van der Waals surface area (Å²) in [6, 6.07) is 14.9. The van der Waals surface area contributed by atoms with Crippen LogP contribution in [0.4, 0.5) is 10.7 Å². The lowest BCUT2D eigenvalue weighted by Crippen LogP contribution is -2.25. The Morgan fingerprint density at radius 2 is 1.81 bits per heavy atom. The zero-order chi connectivity index (χ0) is 26.4. The van der Waals surface area contributed by atoms with E-state index in [0.717, 1.165) is 41.7 Å². The summed E-state index contributed by atoms with van der Waals surface area (Å²) in [6.45, 7) is 5.99. The van der Waals surface area contributed by atoms with E-state index in [1.165, 1.54) is 28.0 Å². The van der Waals surface area contributed by atoms with Gasteiger partial charge in [0.1, 0.15) is 5.00 Å². The third kappa shape index (κ3) is 6.62. The summed E-state index contributed by atoms with van der Waals surface area (Å²) in [7, 11) is 0. The van der Waals surface area contributed by atoms with Crippen LogP contribution in [0.3, 0.4) is 0 Å². The maximum Gasteiger partial charge on any atom is 0.341 e. The largest absolute Gasteiger partial charge is 0.462 e. The first-order chi connectivity index (χ1) is 17.9. The molecule has 4 rings (SSSR count). The van der Waals surface area contributed by atoms with Crippen molar-refractivity contribution < 1.29 is 19.1 Å². The Labute approximate surface area is 226 Å². The first kappa shape index (κ1) is 26.9. The molecule has 8 heteroatoms. The normalized spacial score (nSPS) is 13.4. The Kier molecular flexibility index (Phi) is 9.05. The van der Waals surface area contributed by atoms with Gasteiger partial charge in [-0.2, -0.15) is 0 Å². The smallest absolute Gasteiger partial charge is 0.341 e. The maximum atomic E-state index is 13.3. The fourth-order valence-electron chi connectivity index (χ4n) is 4.39. The molecular weight excluding hydrogens is 504 g/mol. The van der Waals surface area contributed by atoms with Crippen molar-refractivity contribution in [1.82, 2.24) is 0 Å². The van der Waals surface area contributed by atoms with Gasteiger partial charge in [0.15, 0.2) is 0 Å². The van der Waals surface area contributed by atoms with Crippen molar-refractivity contribution in [3.05, 3.63) is 75.7 Å². The number of thiophene rings is 1. The van der Waals surface area contributed by atoms with Gasteiger partial charge in [-0.05, 0) is 81.8 Å². The second-order valence-corrected chi connectivity index (χ2v) is 11.4. The number of hydrogen-bond donors (Lipinski definition) is 2. The average molecular weight is 537 g/mol. The van der Waals surface area contributed by atoms with E-state index in [1.54, 1.807) is 13.0 Å². The van der Waals surface area contributed by atoms with Crippen LogP contribution in [0.1, 0.15) is 69.8 Å². The number of carbonyl (C=O) groups excluding carboxylic acids is 3. The van der Waals surface area contributed by atoms with E-state index in [2.05, 4.69) is 10.6 Å². The Hall–Kier alpha value is -3.10. The molecule has 2 amide bonds. The Balaban J connectivity index is 1.47. The number of anilines is 2. The topological polar surface area (TPSA) is 84.5 Å². The van der Waals surface area contributed by atoms with Crippen LogP contribution in [-0.4, -0.2) is 29.6 Å². The summed E-state index contributed by atoms with van der Waals surface area (Å²) in [6.07, 6.45) is 4.50. The molecule has 6 nitrogen and oxygen atoms in total. The van der Waals surface area contributed by atoms with Crippen molar-refractivity contribution in [2.45, 2.75) is 63.0 Å². The Bertz CT molecular complexity index is 1300. The van der Waals surface area contributed by atoms with Crippen LogP contribution in [0, 0.1) is 6.92 Å². The molecule has 2 N–H and O–H groups in total. The van der Waals surface area contributed by atoms with Crippen molar-refractivity contribution in [1.29, 1.82) is 0 Å². The number of rotatable bonds is 9. The molecule has 2 aromatic carbocycles. The van der Waals surface area contributed by atoms with E-state index in [4.69, 9.17) is 4.74 Å². The zero-order valence-electron chi connectivity index (χ0n) is 21.4. The van der Waals surface area contributed by atoms with Gasteiger partial charge in [-0.3, -0.25) is 9.59 Å². The van der Waals surface area contributed by atoms with Crippen LogP contribution in [0.25, 0.3) is 0 Å². The molecule has 0 bridgehead atoms. The molecule has 0 spiro atoms. The van der Waals surface area contributed by atoms with Crippen LogP contribution in [0.2, 0.25) is 0 Å². The summed E-state index contributed by atoms with van der Waals surface area (Å²) < 4.78 is 5.32. The van der Waals surface area contributed by atoms with Crippen molar-refractivity contribution in [3.8, 4) is 0 Å². The van der Waals surface area contributed by atoms with Crippen molar-refractivity contribution in [2.24, 2.45) is 0 Å². The van der Waals surface area contributed by atoms with E-state index >= 15 is 0 Å². The van der Waals surface area contributed by atoms with Crippen molar-refractivity contribution in [2.75, 3.05) is 17.2 Å². The molecule has 0 fully saturated rings. The number of benzene rings is 2. The standard InChI is InChI=1S/C29H32N2O4S2/c1-4-23(27(33)31-28-25(29(34)35-5-2)22-14-6-7-15-24(22)37-28)36-21-13-9-12-20(17-21)30-26(32)19-11-8-10-18(3)16-19/h8-13,16-17,23H,4-7,14-15H2,1-3H3,(H,30,32)(H,31,33). The van der Waals surface area contributed by atoms with Gasteiger partial charge in [0.25, 0.3) is 5.91 Å². The predicted molar refractivity (Wildman–Crippen MR) is 151 cm³/mol. The minimum absolute atomic E-state index is 0.147. The van der Waals surface area contributed by atoms with Crippen LogP contribution in [0.5, 0.6) is 0 Å². The molecule has 1 atom stereocenters. The van der Waals surface area contributed by atoms with E-state index in [1.807, 2.05) is 56.3 Å². The quantitative estimate of drug-likeness (QED) is 0.230. The van der Waals surface area contributed by atoms with Gasteiger partial charge >= 0.3 is 5.97 Å². The fraction of sp³-hybridized carbons (Fsp3) is 0.345. The van der Waals surface area contributed by atoms with Crippen LogP contribution < -0.4 is 10.6 Å². The molecule has 1 aromatic heterocycles. The van der Waals surface area contributed by atoms with Crippen molar-refractivity contribution in [3.63, 3.8) is 0 Å². The highest BCUT2D eigenvalue weighted by Crippen LogP contribution is 2.39. The molecule has 0 radical (unpaired) electrons. The van der Waals surface area contributed by atoms with Gasteiger partial charge in [0, 0.05) is 21.0 Å². The van der Waals surface area contributed by atoms with Crippen molar-refractivity contribution >= 4 is 51.6 Å². The molecule has 1 unspecified atom stereocenters. The molecule has 0 aliphatic heterocycles. The third-order valence-corrected chi connectivity index (χ3v) is 8.77. The number of hydrogen-bond acceptors (Lipinski definition) is 6. The molecule has 0 saturated heterocycles. The number of fused-ring (bicyclic) bond motifs is 1. The Morgan fingerprint density at radius 3 is 2.57 bits per heavy atom. The second-order valence-electron chi connectivity index (χ2n) is 8.99.